The molecule has 0 unspecified atom stereocenters. The summed E-state index contributed by atoms with van der Waals surface area (Å²) in [7, 11) is 1.60. The standard InChI is InChI=1S/C16H16N2O2/c1-19-16-6-5-13(10-18)7-14(16)11-20-15-4-2-3-12(8-15)9-17/h2-8H,9,11,17H2,1H3. The number of rotatable bonds is 5. The van der Waals surface area contributed by atoms with Crippen molar-refractivity contribution in [1.29, 1.82) is 5.26 Å². The zero-order valence-electron chi connectivity index (χ0n) is 11.3. The predicted octanol–water partition coefficient (Wildman–Crippen LogP) is 2.60. The molecule has 4 heteroatoms. The van der Waals surface area contributed by atoms with Crippen molar-refractivity contribution in [2.45, 2.75) is 13.2 Å². The number of hydrogen-bond donors (Lipinski definition) is 1. The van der Waals surface area contributed by atoms with E-state index in [1.165, 1.54) is 0 Å². The Kier molecular flexibility index (Phi) is 4.59. The fraction of sp³-hybridized carbons (Fsp3) is 0.188. The summed E-state index contributed by atoms with van der Waals surface area (Å²) in [6.45, 7) is 0.817. The second-order valence-corrected chi connectivity index (χ2v) is 4.28. The maximum atomic E-state index is 8.93. The third-order valence-electron chi connectivity index (χ3n) is 2.94. The fourth-order valence-corrected chi connectivity index (χ4v) is 1.88. The van der Waals surface area contributed by atoms with Gasteiger partial charge in [0.05, 0.1) is 18.7 Å². The Balaban J connectivity index is 2.15. The summed E-state index contributed by atoms with van der Waals surface area (Å²) >= 11 is 0. The lowest BCUT2D eigenvalue weighted by Crippen LogP contribution is -2.01. The molecular weight excluding hydrogens is 252 g/mol. The fourth-order valence-electron chi connectivity index (χ4n) is 1.88. The van der Waals surface area contributed by atoms with E-state index < -0.39 is 0 Å². The van der Waals surface area contributed by atoms with Gasteiger partial charge in [0.2, 0.25) is 0 Å². The second kappa shape index (κ2) is 6.60. The van der Waals surface area contributed by atoms with E-state index in [1.54, 1.807) is 25.3 Å². The number of nitriles is 1. The van der Waals surface area contributed by atoms with Crippen molar-refractivity contribution in [2.75, 3.05) is 7.11 Å². The molecule has 0 atom stereocenters. The van der Waals surface area contributed by atoms with E-state index in [1.807, 2.05) is 24.3 Å². The predicted molar refractivity (Wildman–Crippen MR) is 76.4 cm³/mol. The van der Waals surface area contributed by atoms with E-state index in [-0.39, 0.29) is 0 Å². The quantitative estimate of drug-likeness (QED) is 0.905. The summed E-state index contributed by atoms with van der Waals surface area (Å²) < 4.78 is 11.0. The molecular formula is C16H16N2O2. The number of benzene rings is 2. The second-order valence-electron chi connectivity index (χ2n) is 4.28. The first-order valence-corrected chi connectivity index (χ1v) is 6.25. The Morgan fingerprint density at radius 1 is 1.20 bits per heavy atom. The number of nitrogens with two attached hydrogens (primary N) is 1. The Morgan fingerprint density at radius 3 is 2.75 bits per heavy atom. The van der Waals surface area contributed by atoms with Gasteiger partial charge in [0.1, 0.15) is 18.1 Å². The molecule has 20 heavy (non-hydrogen) atoms. The summed E-state index contributed by atoms with van der Waals surface area (Å²) in [5.74, 6) is 1.45. The van der Waals surface area contributed by atoms with E-state index in [4.69, 9.17) is 20.5 Å². The molecule has 0 radical (unpaired) electrons. The topological polar surface area (TPSA) is 68.3 Å². The van der Waals surface area contributed by atoms with E-state index in [2.05, 4.69) is 6.07 Å². The highest BCUT2D eigenvalue weighted by atomic mass is 16.5. The Bertz CT molecular complexity index is 633. The maximum Gasteiger partial charge on any atom is 0.125 e. The average Bonchev–Trinajstić information content (AvgIpc) is 2.52. The molecule has 0 fully saturated rings. The first-order chi connectivity index (χ1) is 9.76. The van der Waals surface area contributed by atoms with Crippen LogP contribution in [0.25, 0.3) is 0 Å². The van der Waals surface area contributed by atoms with Crippen LogP contribution in [0.5, 0.6) is 11.5 Å². The third kappa shape index (κ3) is 3.28. The zero-order chi connectivity index (χ0) is 14.4. The lowest BCUT2D eigenvalue weighted by molar-refractivity contribution is 0.296. The van der Waals surface area contributed by atoms with Gasteiger partial charge in [0.15, 0.2) is 0 Å². The van der Waals surface area contributed by atoms with Crippen molar-refractivity contribution in [2.24, 2.45) is 5.73 Å². The Morgan fingerprint density at radius 2 is 2.05 bits per heavy atom. The van der Waals surface area contributed by atoms with Crippen molar-refractivity contribution in [3.8, 4) is 17.6 Å². The molecule has 4 nitrogen and oxygen atoms in total. The van der Waals surface area contributed by atoms with Crippen molar-refractivity contribution in [3.63, 3.8) is 0 Å². The molecule has 0 spiro atoms. The zero-order valence-corrected chi connectivity index (χ0v) is 11.3. The molecule has 0 saturated carbocycles. The molecule has 0 bridgehead atoms. The van der Waals surface area contributed by atoms with Crippen molar-refractivity contribution >= 4 is 0 Å². The number of nitrogens with zero attached hydrogens (tertiary/aromatic N) is 1. The van der Waals surface area contributed by atoms with Crippen LogP contribution in [0.4, 0.5) is 0 Å². The van der Waals surface area contributed by atoms with Crippen LogP contribution in [0, 0.1) is 11.3 Å². The van der Waals surface area contributed by atoms with Gasteiger partial charge < -0.3 is 15.2 Å². The van der Waals surface area contributed by atoms with E-state index in [0.29, 0.717) is 24.5 Å². The van der Waals surface area contributed by atoms with Crippen LogP contribution < -0.4 is 15.2 Å². The van der Waals surface area contributed by atoms with Gasteiger partial charge >= 0.3 is 0 Å². The molecule has 0 saturated heterocycles. The van der Waals surface area contributed by atoms with Crippen LogP contribution in [0.15, 0.2) is 42.5 Å². The van der Waals surface area contributed by atoms with Crippen molar-refractivity contribution in [3.05, 3.63) is 59.2 Å². The smallest absolute Gasteiger partial charge is 0.125 e. The molecule has 0 aromatic heterocycles. The van der Waals surface area contributed by atoms with E-state index in [0.717, 1.165) is 16.9 Å². The minimum absolute atomic E-state index is 0.340. The molecule has 0 aliphatic carbocycles. The van der Waals surface area contributed by atoms with Gasteiger partial charge in [-0.25, -0.2) is 0 Å². The molecule has 0 amide bonds. The van der Waals surface area contributed by atoms with Crippen LogP contribution in [0.2, 0.25) is 0 Å². The first kappa shape index (κ1) is 13.9. The highest BCUT2D eigenvalue weighted by Crippen LogP contribution is 2.22. The van der Waals surface area contributed by atoms with Gasteiger partial charge in [0.25, 0.3) is 0 Å². The van der Waals surface area contributed by atoms with E-state index in [9.17, 15) is 0 Å². The van der Waals surface area contributed by atoms with Crippen LogP contribution in [0.1, 0.15) is 16.7 Å². The van der Waals surface area contributed by atoms with Gasteiger partial charge in [0, 0.05) is 12.1 Å². The van der Waals surface area contributed by atoms with Crippen molar-refractivity contribution in [1.82, 2.24) is 0 Å². The lowest BCUT2D eigenvalue weighted by Gasteiger charge is -2.11. The van der Waals surface area contributed by atoms with Crippen LogP contribution in [-0.2, 0) is 13.2 Å². The number of hydrogen-bond acceptors (Lipinski definition) is 4. The minimum Gasteiger partial charge on any atom is -0.496 e. The van der Waals surface area contributed by atoms with Gasteiger partial charge in [-0.15, -0.1) is 0 Å². The SMILES string of the molecule is COc1ccc(C#N)cc1COc1cccc(CN)c1. The molecule has 0 aliphatic rings. The van der Waals surface area contributed by atoms with Gasteiger partial charge in [-0.05, 0) is 35.9 Å². The van der Waals surface area contributed by atoms with Crippen LogP contribution in [-0.4, -0.2) is 7.11 Å². The normalized spacial score (nSPS) is 9.85. The number of methoxy groups -OCH3 is 1. The molecule has 2 N–H and O–H groups in total. The largest absolute Gasteiger partial charge is 0.496 e. The third-order valence-corrected chi connectivity index (χ3v) is 2.94. The van der Waals surface area contributed by atoms with Crippen molar-refractivity contribution < 1.29 is 9.47 Å². The molecule has 2 aromatic carbocycles. The maximum absolute atomic E-state index is 8.93. The summed E-state index contributed by atoms with van der Waals surface area (Å²) in [6, 6.07) is 15.0. The molecule has 0 aliphatic heterocycles. The molecule has 2 aromatic rings. The monoisotopic (exact) mass is 268 g/mol. The summed E-state index contributed by atoms with van der Waals surface area (Å²) in [5.41, 5.74) is 8.03. The summed E-state index contributed by atoms with van der Waals surface area (Å²) in [5, 5.41) is 8.93. The summed E-state index contributed by atoms with van der Waals surface area (Å²) in [4.78, 5) is 0. The van der Waals surface area contributed by atoms with Gasteiger partial charge in [-0.1, -0.05) is 12.1 Å². The number of ether oxygens (including phenoxy) is 2. The van der Waals surface area contributed by atoms with Gasteiger partial charge in [-0.3, -0.25) is 0 Å². The van der Waals surface area contributed by atoms with Crippen LogP contribution in [0.3, 0.4) is 0 Å². The molecule has 102 valence electrons. The highest BCUT2D eigenvalue weighted by Gasteiger charge is 2.06. The minimum atomic E-state index is 0.340. The lowest BCUT2D eigenvalue weighted by atomic mass is 10.1. The van der Waals surface area contributed by atoms with E-state index >= 15 is 0 Å². The summed E-state index contributed by atoms with van der Waals surface area (Å²) in [6.07, 6.45) is 0. The van der Waals surface area contributed by atoms with Gasteiger partial charge in [-0.2, -0.15) is 5.26 Å². The Hall–Kier alpha value is -2.51. The molecule has 2 rings (SSSR count). The highest BCUT2D eigenvalue weighted by molar-refractivity contribution is 5.42. The first-order valence-electron chi connectivity index (χ1n) is 6.25. The average molecular weight is 268 g/mol. The molecule has 0 heterocycles. The Labute approximate surface area is 118 Å². The van der Waals surface area contributed by atoms with Crippen LogP contribution >= 0.6 is 0 Å².